The zero-order valence-electron chi connectivity index (χ0n) is 13.9. The Morgan fingerprint density at radius 3 is 2.60 bits per heavy atom. The van der Waals surface area contributed by atoms with E-state index in [9.17, 15) is 0 Å². The second-order valence-corrected chi connectivity index (χ2v) is 5.89. The second kappa shape index (κ2) is 6.84. The van der Waals surface area contributed by atoms with Crippen LogP contribution >= 0.6 is 0 Å². The van der Waals surface area contributed by atoms with Gasteiger partial charge in [0.15, 0.2) is 11.5 Å². The molecule has 1 aliphatic heterocycles. The third-order valence-electron chi connectivity index (χ3n) is 3.96. The summed E-state index contributed by atoms with van der Waals surface area (Å²) in [6, 6.07) is 15.4. The number of anilines is 1. The van der Waals surface area contributed by atoms with Crippen LogP contribution in [0.5, 0.6) is 11.5 Å². The van der Waals surface area contributed by atoms with Crippen LogP contribution in [0.1, 0.15) is 25.3 Å². The Kier molecular flexibility index (Phi) is 4.24. The largest absolute Gasteiger partial charge is 0.490 e. The lowest BCUT2D eigenvalue weighted by atomic mass is 10.2. The smallest absolute Gasteiger partial charge is 0.247 e. The molecule has 0 saturated heterocycles. The maximum atomic E-state index is 5.80. The van der Waals surface area contributed by atoms with Crippen LogP contribution in [0.15, 0.2) is 52.9 Å². The molecule has 0 aliphatic carbocycles. The molecule has 1 atom stereocenters. The first-order chi connectivity index (χ1) is 12.3. The van der Waals surface area contributed by atoms with Crippen molar-refractivity contribution in [3.63, 3.8) is 0 Å². The number of ether oxygens (including phenoxy) is 2. The van der Waals surface area contributed by atoms with Gasteiger partial charge in [0.05, 0.1) is 13.2 Å². The van der Waals surface area contributed by atoms with Crippen LogP contribution in [0.25, 0.3) is 11.5 Å². The molecule has 0 amide bonds. The van der Waals surface area contributed by atoms with Gasteiger partial charge in [0, 0.05) is 23.7 Å². The molecule has 0 spiro atoms. The monoisotopic (exact) mass is 337 g/mol. The topological polar surface area (TPSA) is 69.4 Å². The Bertz CT molecular complexity index is 848. The highest BCUT2D eigenvalue weighted by Gasteiger charge is 2.16. The van der Waals surface area contributed by atoms with Crippen molar-refractivity contribution < 1.29 is 13.9 Å². The summed E-state index contributed by atoms with van der Waals surface area (Å²) in [6.45, 7) is 3.32. The number of hydrogen-bond donors (Lipinski definition) is 1. The molecule has 128 valence electrons. The number of fused-ring (bicyclic) bond motifs is 1. The van der Waals surface area contributed by atoms with Gasteiger partial charge in [-0.1, -0.05) is 18.2 Å². The SMILES string of the molecule is C[C@H](Nc1ccc2c(c1)OCCCO2)c1nnc(-c2ccccc2)o1. The number of aromatic nitrogens is 2. The van der Waals surface area contributed by atoms with Crippen molar-refractivity contribution in [1.29, 1.82) is 0 Å². The second-order valence-electron chi connectivity index (χ2n) is 5.89. The summed E-state index contributed by atoms with van der Waals surface area (Å²) in [5, 5.41) is 11.6. The third kappa shape index (κ3) is 3.42. The van der Waals surface area contributed by atoms with Crippen LogP contribution < -0.4 is 14.8 Å². The van der Waals surface area contributed by atoms with Gasteiger partial charge in [-0.05, 0) is 31.2 Å². The zero-order valence-corrected chi connectivity index (χ0v) is 13.9. The number of nitrogens with one attached hydrogen (secondary N) is 1. The van der Waals surface area contributed by atoms with E-state index in [1.807, 2.05) is 55.5 Å². The molecular formula is C19H19N3O3. The highest BCUT2D eigenvalue weighted by atomic mass is 16.5. The van der Waals surface area contributed by atoms with E-state index in [1.165, 1.54) is 0 Å². The van der Waals surface area contributed by atoms with Crippen LogP contribution in [-0.2, 0) is 0 Å². The summed E-state index contributed by atoms with van der Waals surface area (Å²) >= 11 is 0. The van der Waals surface area contributed by atoms with Gasteiger partial charge in [-0.3, -0.25) is 0 Å². The summed E-state index contributed by atoms with van der Waals surface area (Å²) in [5.41, 5.74) is 1.82. The van der Waals surface area contributed by atoms with Gasteiger partial charge in [-0.15, -0.1) is 10.2 Å². The summed E-state index contributed by atoms with van der Waals surface area (Å²) in [4.78, 5) is 0. The zero-order chi connectivity index (χ0) is 17.1. The highest BCUT2D eigenvalue weighted by Crippen LogP contribution is 2.33. The minimum Gasteiger partial charge on any atom is -0.490 e. The molecule has 1 aromatic heterocycles. The maximum absolute atomic E-state index is 5.80. The molecule has 1 N–H and O–H groups in total. The van der Waals surface area contributed by atoms with Gasteiger partial charge in [0.25, 0.3) is 0 Å². The predicted molar refractivity (Wildman–Crippen MR) is 93.8 cm³/mol. The van der Waals surface area contributed by atoms with Crippen molar-refractivity contribution in [3.8, 4) is 23.0 Å². The summed E-state index contributed by atoms with van der Waals surface area (Å²) in [5.74, 6) is 2.58. The molecule has 0 radical (unpaired) electrons. The standard InChI is InChI=1S/C19H19N3O3/c1-13(18-21-22-19(25-18)14-6-3-2-4-7-14)20-15-8-9-16-17(12-15)24-11-5-10-23-16/h2-4,6-9,12-13,20H,5,10-11H2,1H3/t13-/m0/s1. The number of benzene rings is 2. The molecule has 0 unspecified atom stereocenters. The Hall–Kier alpha value is -3.02. The summed E-state index contributed by atoms with van der Waals surface area (Å²) in [6.07, 6.45) is 0.887. The third-order valence-corrected chi connectivity index (χ3v) is 3.96. The van der Waals surface area contributed by atoms with E-state index in [1.54, 1.807) is 0 Å². The Morgan fingerprint density at radius 1 is 0.960 bits per heavy atom. The fraction of sp³-hybridized carbons (Fsp3) is 0.263. The first kappa shape index (κ1) is 15.5. The van der Waals surface area contributed by atoms with Crippen LogP contribution in [0.4, 0.5) is 5.69 Å². The first-order valence-electron chi connectivity index (χ1n) is 8.34. The molecule has 25 heavy (non-hydrogen) atoms. The summed E-state index contributed by atoms with van der Waals surface area (Å²) in [7, 11) is 0. The molecule has 1 aliphatic rings. The Labute approximate surface area is 145 Å². The fourth-order valence-corrected chi connectivity index (χ4v) is 2.67. The fourth-order valence-electron chi connectivity index (χ4n) is 2.67. The lowest BCUT2D eigenvalue weighted by molar-refractivity contribution is 0.297. The molecule has 0 saturated carbocycles. The quantitative estimate of drug-likeness (QED) is 0.774. The van der Waals surface area contributed by atoms with Crippen LogP contribution in [0, 0.1) is 0 Å². The van der Waals surface area contributed by atoms with E-state index >= 15 is 0 Å². The predicted octanol–water partition coefficient (Wildman–Crippen LogP) is 4.07. The normalized spacial score (nSPS) is 14.6. The highest BCUT2D eigenvalue weighted by molar-refractivity contribution is 5.56. The van der Waals surface area contributed by atoms with Gasteiger partial charge in [0.2, 0.25) is 11.8 Å². The van der Waals surface area contributed by atoms with Crippen molar-refractivity contribution in [3.05, 3.63) is 54.4 Å². The number of nitrogens with zero attached hydrogens (tertiary/aromatic N) is 2. The molecule has 3 aromatic rings. The van der Waals surface area contributed by atoms with E-state index in [0.717, 1.165) is 29.2 Å². The maximum Gasteiger partial charge on any atom is 0.247 e. The van der Waals surface area contributed by atoms with E-state index < -0.39 is 0 Å². The molecule has 6 heteroatoms. The lowest BCUT2D eigenvalue weighted by Gasteiger charge is -2.14. The molecule has 2 aromatic carbocycles. The van der Waals surface area contributed by atoms with Crippen molar-refractivity contribution in [2.24, 2.45) is 0 Å². The first-order valence-corrected chi connectivity index (χ1v) is 8.34. The van der Waals surface area contributed by atoms with Crippen LogP contribution in [0.3, 0.4) is 0 Å². The minimum atomic E-state index is -0.130. The van der Waals surface area contributed by atoms with Gasteiger partial charge in [-0.25, -0.2) is 0 Å². The van der Waals surface area contributed by atoms with E-state index in [2.05, 4.69) is 15.5 Å². The van der Waals surface area contributed by atoms with Gasteiger partial charge >= 0.3 is 0 Å². The molecule has 0 bridgehead atoms. The molecule has 0 fully saturated rings. The average molecular weight is 337 g/mol. The molecule has 2 heterocycles. The van der Waals surface area contributed by atoms with E-state index in [0.29, 0.717) is 25.0 Å². The van der Waals surface area contributed by atoms with Crippen molar-refractivity contribution in [2.75, 3.05) is 18.5 Å². The van der Waals surface area contributed by atoms with Gasteiger partial charge in [0.1, 0.15) is 6.04 Å². The molecule has 6 nitrogen and oxygen atoms in total. The van der Waals surface area contributed by atoms with Crippen molar-refractivity contribution in [2.45, 2.75) is 19.4 Å². The molecular weight excluding hydrogens is 318 g/mol. The van der Waals surface area contributed by atoms with E-state index in [-0.39, 0.29) is 6.04 Å². The average Bonchev–Trinajstić information content (AvgIpc) is 3.03. The number of rotatable bonds is 4. The van der Waals surface area contributed by atoms with Crippen LogP contribution in [-0.4, -0.2) is 23.4 Å². The lowest BCUT2D eigenvalue weighted by Crippen LogP contribution is -2.07. The summed E-state index contributed by atoms with van der Waals surface area (Å²) < 4.78 is 17.2. The Balaban J connectivity index is 1.50. The van der Waals surface area contributed by atoms with Crippen LogP contribution in [0.2, 0.25) is 0 Å². The van der Waals surface area contributed by atoms with Crippen molar-refractivity contribution in [1.82, 2.24) is 10.2 Å². The van der Waals surface area contributed by atoms with Gasteiger partial charge in [-0.2, -0.15) is 0 Å². The van der Waals surface area contributed by atoms with E-state index in [4.69, 9.17) is 13.9 Å². The number of hydrogen-bond acceptors (Lipinski definition) is 6. The minimum absolute atomic E-state index is 0.130. The molecule has 4 rings (SSSR count). The van der Waals surface area contributed by atoms with Crippen molar-refractivity contribution >= 4 is 5.69 Å². The van der Waals surface area contributed by atoms with Gasteiger partial charge < -0.3 is 19.2 Å². The Morgan fingerprint density at radius 2 is 1.76 bits per heavy atom.